The van der Waals surface area contributed by atoms with E-state index >= 15 is 0 Å². The number of sulfone groups is 1. The third kappa shape index (κ3) is 6.69. The first-order valence-corrected chi connectivity index (χ1v) is 9.94. The molecule has 148 valence electrons. The highest BCUT2D eigenvalue weighted by atomic mass is 127. The van der Waals surface area contributed by atoms with Crippen molar-refractivity contribution in [2.45, 2.75) is 11.4 Å². The zero-order valence-corrected chi connectivity index (χ0v) is 18.9. The SMILES string of the molecule is CN=C(NCCS(=O)(=O)c1ccccc1)N(C)Cc1ccccc1OC.I. The number of hydrogen-bond donors (Lipinski definition) is 1. The minimum atomic E-state index is -3.32. The summed E-state index contributed by atoms with van der Waals surface area (Å²) in [6.45, 7) is 0.870. The van der Waals surface area contributed by atoms with E-state index in [0.29, 0.717) is 17.4 Å². The molecule has 8 heteroatoms. The second kappa shape index (κ2) is 11.1. The lowest BCUT2D eigenvalue weighted by molar-refractivity contribution is 0.396. The first kappa shape index (κ1) is 23.2. The van der Waals surface area contributed by atoms with Gasteiger partial charge < -0.3 is 15.0 Å². The van der Waals surface area contributed by atoms with Crippen molar-refractivity contribution >= 4 is 39.8 Å². The summed E-state index contributed by atoms with van der Waals surface area (Å²) in [6, 6.07) is 16.2. The summed E-state index contributed by atoms with van der Waals surface area (Å²) in [5, 5.41) is 3.11. The molecular formula is C19H26IN3O3S. The molecule has 0 bridgehead atoms. The normalized spacial score (nSPS) is 11.4. The van der Waals surface area contributed by atoms with Crippen molar-refractivity contribution in [3.63, 3.8) is 0 Å². The molecule has 0 heterocycles. The Morgan fingerprint density at radius 2 is 1.74 bits per heavy atom. The van der Waals surface area contributed by atoms with Crippen LogP contribution in [0.3, 0.4) is 0 Å². The van der Waals surface area contributed by atoms with Crippen LogP contribution >= 0.6 is 24.0 Å². The van der Waals surface area contributed by atoms with Gasteiger partial charge >= 0.3 is 0 Å². The Hall–Kier alpha value is -1.81. The Kier molecular flexibility index (Phi) is 9.57. The van der Waals surface area contributed by atoms with Gasteiger partial charge in [0.2, 0.25) is 0 Å². The predicted molar refractivity (Wildman–Crippen MR) is 120 cm³/mol. The first-order chi connectivity index (χ1) is 12.5. The molecule has 2 rings (SSSR count). The number of benzene rings is 2. The molecule has 0 saturated heterocycles. The van der Waals surface area contributed by atoms with Crippen LogP contribution < -0.4 is 10.1 Å². The molecule has 0 spiro atoms. The van der Waals surface area contributed by atoms with Gasteiger partial charge in [-0.05, 0) is 18.2 Å². The van der Waals surface area contributed by atoms with Gasteiger partial charge in [0.05, 0.1) is 17.8 Å². The fraction of sp³-hybridized carbons (Fsp3) is 0.316. The summed E-state index contributed by atoms with van der Waals surface area (Å²) >= 11 is 0. The lowest BCUT2D eigenvalue weighted by Crippen LogP contribution is -2.40. The van der Waals surface area contributed by atoms with Crippen molar-refractivity contribution in [2.75, 3.05) is 33.5 Å². The van der Waals surface area contributed by atoms with Crippen molar-refractivity contribution < 1.29 is 13.2 Å². The second-order valence-electron chi connectivity index (χ2n) is 5.77. The molecule has 2 aromatic carbocycles. The van der Waals surface area contributed by atoms with E-state index < -0.39 is 9.84 Å². The van der Waals surface area contributed by atoms with Crippen LogP contribution in [0.4, 0.5) is 0 Å². The number of hydrogen-bond acceptors (Lipinski definition) is 4. The number of ether oxygens (including phenoxy) is 1. The summed E-state index contributed by atoms with van der Waals surface area (Å²) < 4.78 is 30.0. The quantitative estimate of drug-likeness (QED) is 0.358. The molecule has 2 aromatic rings. The molecule has 0 aliphatic carbocycles. The van der Waals surface area contributed by atoms with Crippen LogP contribution in [0.5, 0.6) is 5.75 Å². The smallest absolute Gasteiger partial charge is 0.193 e. The summed E-state index contributed by atoms with van der Waals surface area (Å²) in [7, 11) is 1.89. The van der Waals surface area contributed by atoms with Crippen molar-refractivity contribution in [2.24, 2.45) is 4.99 Å². The maximum Gasteiger partial charge on any atom is 0.193 e. The molecule has 0 atom stereocenters. The van der Waals surface area contributed by atoms with E-state index in [-0.39, 0.29) is 36.3 Å². The van der Waals surface area contributed by atoms with Gasteiger partial charge in [0.15, 0.2) is 15.8 Å². The molecule has 1 N–H and O–H groups in total. The van der Waals surface area contributed by atoms with Crippen LogP contribution in [0.25, 0.3) is 0 Å². The molecule has 0 aliphatic rings. The molecule has 0 aliphatic heterocycles. The van der Waals surface area contributed by atoms with Gasteiger partial charge in [-0.25, -0.2) is 8.42 Å². The van der Waals surface area contributed by atoms with E-state index in [0.717, 1.165) is 11.3 Å². The summed E-state index contributed by atoms with van der Waals surface area (Å²) in [6.07, 6.45) is 0. The maximum atomic E-state index is 12.3. The number of rotatable bonds is 7. The molecular weight excluding hydrogens is 477 g/mol. The Morgan fingerprint density at radius 3 is 2.37 bits per heavy atom. The van der Waals surface area contributed by atoms with Crippen LogP contribution in [-0.4, -0.2) is 52.8 Å². The van der Waals surface area contributed by atoms with E-state index in [1.165, 1.54) is 0 Å². The molecule has 0 saturated carbocycles. The number of para-hydroxylation sites is 1. The van der Waals surface area contributed by atoms with Crippen LogP contribution in [0, 0.1) is 0 Å². The fourth-order valence-corrected chi connectivity index (χ4v) is 3.77. The van der Waals surface area contributed by atoms with E-state index in [2.05, 4.69) is 10.3 Å². The van der Waals surface area contributed by atoms with Gasteiger partial charge in [0, 0.05) is 32.7 Å². The number of nitrogens with zero attached hydrogens (tertiary/aromatic N) is 2. The van der Waals surface area contributed by atoms with E-state index in [1.54, 1.807) is 44.5 Å². The Balaban J connectivity index is 0.00000364. The number of aliphatic imine (C=N–C) groups is 1. The highest BCUT2D eigenvalue weighted by molar-refractivity contribution is 14.0. The lowest BCUT2D eigenvalue weighted by Gasteiger charge is -2.23. The molecule has 6 nitrogen and oxygen atoms in total. The minimum Gasteiger partial charge on any atom is -0.496 e. The van der Waals surface area contributed by atoms with Crippen LogP contribution in [0.2, 0.25) is 0 Å². The number of nitrogens with one attached hydrogen (secondary N) is 1. The maximum absolute atomic E-state index is 12.3. The van der Waals surface area contributed by atoms with Crippen molar-refractivity contribution in [3.05, 3.63) is 60.2 Å². The van der Waals surface area contributed by atoms with Gasteiger partial charge in [0.25, 0.3) is 0 Å². The second-order valence-corrected chi connectivity index (χ2v) is 7.88. The summed E-state index contributed by atoms with van der Waals surface area (Å²) in [5.41, 5.74) is 1.03. The fourth-order valence-electron chi connectivity index (χ4n) is 2.59. The Labute approximate surface area is 178 Å². The van der Waals surface area contributed by atoms with Crippen LogP contribution in [0.1, 0.15) is 5.56 Å². The van der Waals surface area contributed by atoms with Gasteiger partial charge in [-0.3, -0.25) is 4.99 Å². The highest BCUT2D eigenvalue weighted by Crippen LogP contribution is 2.18. The van der Waals surface area contributed by atoms with E-state index in [4.69, 9.17) is 4.74 Å². The topological polar surface area (TPSA) is 71.0 Å². The standard InChI is InChI=1S/C19H25N3O3S.HI/c1-20-19(22(2)15-16-9-7-8-12-18(16)25-3)21-13-14-26(23,24)17-10-5-4-6-11-17;/h4-12H,13-15H2,1-3H3,(H,20,21);1H. The van der Waals surface area contributed by atoms with Crippen LogP contribution in [-0.2, 0) is 16.4 Å². The van der Waals surface area contributed by atoms with Gasteiger partial charge in [-0.2, -0.15) is 0 Å². The number of methoxy groups -OCH3 is 1. The lowest BCUT2D eigenvalue weighted by atomic mass is 10.2. The molecule has 0 amide bonds. The molecule has 0 aromatic heterocycles. The van der Waals surface area contributed by atoms with Crippen molar-refractivity contribution in [1.82, 2.24) is 10.2 Å². The monoisotopic (exact) mass is 503 g/mol. The Morgan fingerprint density at radius 1 is 1.11 bits per heavy atom. The van der Waals surface area contributed by atoms with Gasteiger partial charge in [0.1, 0.15) is 5.75 Å². The third-order valence-electron chi connectivity index (χ3n) is 3.93. The first-order valence-electron chi connectivity index (χ1n) is 8.29. The highest BCUT2D eigenvalue weighted by Gasteiger charge is 2.15. The molecule has 0 radical (unpaired) electrons. The minimum absolute atomic E-state index is 0. The average Bonchev–Trinajstić information content (AvgIpc) is 2.66. The van der Waals surface area contributed by atoms with E-state index in [1.807, 2.05) is 36.2 Å². The van der Waals surface area contributed by atoms with Gasteiger partial charge in [-0.1, -0.05) is 36.4 Å². The largest absolute Gasteiger partial charge is 0.496 e. The molecule has 0 unspecified atom stereocenters. The number of guanidine groups is 1. The predicted octanol–water partition coefficient (Wildman–Crippen LogP) is 2.79. The van der Waals surface area contributed by atoms with Crippen molar-refractivity contribution in [1.29, 1.82) is 0 Å². The molecule has 0 fully saturated rings. The average molecular weight is 503 g/mol. The zero-order chi connectivity index (χ0) is 19.0. The zero-order valence-electron chi connectivity index (χ0n) is 15.8. The third-order valence-corrected chi connectivity index (χ3v) is 5.66. The van der Waals surface area contributed by atoms with E-state index in [9.17, 15) is 8.42 Å². The van der Waals surface area contributed by atoms with Crippen LogP contribution in [0.15, 0.2) is 64.5 Å². The molecule has 27 heavy (non-hydrogen) atoms. The summed E-state index contributed by atoms with van der Waals surface area (Å²) in [5.74, 6) is 1.43. The Bertz CT molecular complexity index is 842. The van der Waals surface area contributed by atoms with Gasteiger partial charge in [-0.15, -0.1) is 24.0 Å². The van der Waals surface area contributed by atoms with Crippen molar-refractivity contribution in [3.8, 4) is 5.75 Å². The summed E-state index contributed by atoms with van der Waals surface area (Å²) in [4.78, 5) is 6.48. The number of halogens is 1.